The number of quaternary nitrogens is 2. The van der Waals surface area contributed by atoms with Crippen molar-refractivity contribution in [1.82, 2.24) is 10.6 Å². The van der Waals surface area contributed by atoms with E-state index >= 15 is 0 Å². The average molecular weight is 555 g/mol. The minimum atomic E-state index is -0.799. The van der Waals surface area contributed by atoms with E-state index in [-0.39, 0.29) is 23.0 Å². The lowest BCUT2D eigenvalue weighted by Gasteiger charge is -2.27. The third-order valence-electron chi connectivity index (χ3n) is 6.41. The van der Waals surface area contributed by atoms with Gasteiger partial charge in [0, 0.05) is 38.8 Å². The number of nitrogens with one attached hydrogen (secondary N) is 2. The molecule has 0 fully saturated rings. The number of carbonyl (C=O) groups is 3. The minimum absolute atomic E-state index is 0.0692. The molecule has 0 aliphatic carbocycles. The molecule has 0 spiro atoms. The van der Waals surface area contributed by atoms with Gasteiger partial charge in [-0.25, -0.2) is 10.0 Å². The Hall–Kier alpha value is -2.23. The summed E-state index contributed by atoms with van der Waals surface area (Å²) in [4.78, 5) is 34.5. The number of carbonyl (C=O) groups excluding carboxylic acids is 2. The average Bonchev–Trinajstić information content (AvgIpc) is 2.83. The lowest BCUT2D eigenvalue weighted by molar-refractivity contribution is -1.07. The first-order valence-corrected chi connectivity index (χ1v) is 14.8. The van der Waals surface area contributed by atoms with Crippen molar-refractivity contribution in [2.24, 2.45) is 0 Å². The van der Waals surface area contributed by atoms with E-state index < -0.39 is 5.97 Å². The van der Waals surface area contributed by atoms with Gasteiger partial charge in [-0.3, -0.25) is 9.59 Å². The van der Waals surface area contributed by atoms with Gasteiger partial charge < -0.3 is 20.2 Å². The molecule has 0 aromatic carbocycles. The van der Waals surface area contributed by atoms with Crippen LogP contribution in [0.25, 0.3) is 0 Å². The summed E-state index contributed by atoms with van der Waals surface area (Å²) in [6.07, 6.45) is 22.0. The number of carboxylic acids is 1. The highest BCUT2D eigenvalue weighted by Gasteiger charge is 2.18. The summed E-state index contributed by atoms with van der Waals surface area (Å²) in [6, 6.07) is 0. The maximum atomic E-state index is 11.9. The molecule has 0 unspecified atom stereocenters. The van der Waals surface area contributed by atoms with Crippen molar-refractivity contribution < 1.29 is 33.8 Å². The Morgan fingerprint density at radius 3 is 1.64 bits per heavy atom. The van der Waals surface area contributed by atoms with Gasteiger partial charge >= 0.3 is 5.97 Å². The smallest absolute Gasteiger partial charge is 0.359 e. The molecule has 0 atom stereocenters. The van der Waals surface area contributed by atoms with Gasteiger partial charge in [-0.05, 0) is 44.9 Å². The zero-order valence-electron chi connectivity index (χ0n) is 25.3. The summed E-state index contributed by atoms with van der Waals surface area (Å²) in [5.74, 6) is -0.621. The van der Waals surface area contributed by atoms with Crippen LogP contribution >= 0.6 is 0 Å². The summed E-state index contributed by atoms with van der Waals surface area (Å²) < 4.78 is 0.355. The molecule has 0 aromatic heterocycles. The van der Waals surface area contributed by atoms with E-state index in [0.717, 1.165) is 70.8 Å². The summed E-state index contributed by atoms with van der Waals surface area (Å²) >= 11 is 0. The van der Waals surface area contributed by atoms with Crippen molar-refractivity contribution in [3.05, 3.63) is 24.3 Å². The number of hydroxylamine groups is 3. The molecule has 0 saturated heterocycles. The number of likely N-dealkylation sites (N-methyl/N-ethyl adjacent to an activating group) is 1. The van der Waals surface area contributed by atoms with Crippen LogP contribution in [0.3, 0.4) is 0 Å². The van der Waals surface area contributed by atoms with E-state index in [1.165, 1.54) is 12.8 Å². The maximum Gasteiger partial charge on any atom is 0.359 e. The minimum Gasteiger partial charge on any atom is -0.477 e. The van der Waals surface area contributed by atoms with Crippen molar-refractivity contribution in [1.29, 1.82) is 0 Å². The van der Waals surface area contributed by atoms with E-state index in [0.29, 0.717) is 37.0 Å². The number of amides is 2. The molecule has 0 radical (unpaired) electrons. The van der Waals surface area contributed by atoms with Gasteiger partial charge in [0.05, 0.1) is 34.7 Å². The lowest BCUT2D eigenvalue weighted by Crippen LogP contribution is -2.45. The summed E-state index contributed by atoms with van der Waals surface area (Å²) in [6.45, 7) is 2.66. The van der Waals surface area contributed by atoms with Gasteiger partial charge in [-0.1, -0.05) is 43.6 Å². The van der Waals surface area contributed by atoms with Crippen LogP contribution < -0.4 is 10.6 Å². The van der Waals surface area contributed by atoms with Crippen LogP contribution in [0.5, 0.6) is 0 Å². The Labute approximate surface area is 237 Å². The summed E-state index contributed by atoms with van der Waals surface area (Å²) in [5.41, 5.74) is 0. The number of hydrogen-bond acceptors (Lipinski definition) is 4. The maximum absolute atomic E-state index is 11.9. The quantitative estimate of drug-likeness (QED) is 0.0577. The largest absolute Gasteiger partial charge is 0.477 e. The third kappa shape index (κ3) is 28.6. The second-order valence-corrected chi connectivity index (χ2v) is 11.7. The van der Waals surface area contributed by atoms with Crippen LogP contribution in [-0.2, 0) is 14.4 Å². The highest BCUT2D eigenvalue weighted by molar-refractivity contribution is 5.76. The zero-order valence-corrected chi connectivity index (χ0v) is 25.3. The molecular weight excluding hydrogens is 496 g/mol. The Balaban J connectivity index is 3.48. The van der Waals surface area contributed by atoms with Crippen molar-refractivity contribution in [2.45, 2.75) is 89.9 Å². The molecule has 39 heavy (non-hydrogen) atoms. The van der Waals surface area contributed by atoms with Crippen molar-refractivity contribution >= 4 is 17.8 Å². The first-order chi connectivity index (χ1) is 18.4. The van der Waals surface area contributed by atoms with Crippen molar-refractivity contribution in [3.8, 4) is 0 Å². The van der Waals surface area contributed by atoms with Crippen molar-refractivity contribution in [3.63, 3.8) is 0 Å². The fourth-order valence-corrected chi connectivity index (χ4v) is 4.17. The Morgan fingerprint density at radius 2 is 1.08 bits per heavy atom. The monoisotopic (exact) mass is 554 g/mol. The number of carboxylic acid groups (broad SMARTS) is 1. The van der Waals surface area contributed by atoms with Crippen LogP contribution in [0.15, 0.2) is 24.3 Å². The van der Waals surface area contributed by atoms with E-state index in [9.17, 15) is 19.6 Å². The Kier molecular flexibility index (Phi) is 21.3. The van der Waals surface area contributed by atoms with Gasteiger partial charge in [0.2, 0.25) is 11.8 Å². The second-order valence-electron chi connectivity index (χ2n) is 11.7. The normalized spacial score (nSPS) is 12.3. The predicted molar refractivity (Wildman–Crippen MR) is 157 cm³/mol. The number of unbranched alkanes of at least 4 members (excludes halogenated alkanes) is 7. The summed E-state index contributed by atoms with van der Waals surface area (Å²) in [5, 5.41) is 24.3. The van der Waals surface area contributed by atoms with E-state index in [1.54, 1.807) is 14.1 Å². The SMILES string of the molecule is C[N+](C)(O)CCCNC(=O)CCC/C=C/CC/C=C/CCCCCCCC(=O)NCCC[N+](C)(C)CC(=O)O. The van der Waals surface area contributed by atoms with Crippen LogP contribution in [-0.4, -0.2) is 98.1 Å². The molecule has 0 aromatic rings. The number of hydrogen-bond donors (Lipinski definition) is 4. The molecule has 4 N–H and O–H groups in total. The van der Waals surface area contributed by atoms with Crippen LogP contribution in [0.4, 0.5) is 0 Å². The van der Waals surface area contributed by atoms with Gasteiger partial charge in [-0.2, -0.15) is 4.65 Å². The molecule has 9 heteroatoms. The first-order valence-electron chi connectivity index (χ1n) is 14.8. The van der Waals surface area contributed by atoms with Gasteiger partial charge in [0.15, 0.2) is 6.54 Å². The molecule has 0 rings (SSSR count). The highest BCUT2D eigenvalue weighted by atomic mass is 16.5. The zero-order chi connectivity index (χ0) is 29.4. The Bertz CT molecular complexity index is 729. The number of allylic oxidation sites excluding steroid dienone is 4. The highest BCUT2D eigenvalue weighted by Crippen LogP contribution is 2.08. The lowest BCUT2D eigenvalue weighted by atomic mass is 10.1. The third-order valence-corrected chi connectivity index (χ3v) is 6.41. The van der Waals surface area contributed by atoms with Gasteiger partial charge in [0.1, 0.15) is 6.54 Å². The van der Waals surface area contributed by atoms with Crippen LogP contribution in [0.1, 0.15) is 89.9 Å². The fraction of sp³-hybridized carbons (Fsp3) is 0.767. The molecule has 226 valence electrons. The molecule has 2 amide bonds. The molecular formula is C30H58N4O5+2. The second kappa shape index (κ2) is 22.6. The van der Waals surface area contributed by atoms with Crippen LogP contribution in [0, 0.1) is 0 Å². The standard InChI is InChI=1S/C30H56N4O5/c1-33(2,27-30(37)38)25-19-23-31-28(35)21-17-15-13-11-9-7-5-6-8-10-12-14-16-18-22-29(36)32-24-20-26-34(3,4)39/h5-6,12,14,39H,7-11,13,15-27H2,1-4H3,(H-2,31,32,35,36,37,38)/p+2/b6-5+,14-12+. The fourth-order valence-electron chi connectivity index (χ4n) is 4.17. The van der Waals surface area contributed by atoms with E-state index in [2.05, 4.69) is 34.9 Å². The number of nitrogens with zero attached hydrogens (tertiary/aromatic N) is 2. The molecule has 0 bridgehead atoms. The number of rotatable bonds is 25. The molecule has 0 heterocycles. The van der Waals surface area contributed by atoms with Gasteiger partial charge in [-0.15, -0.1) is 0 Å². The first kappa shape index (κ1) is 36.8. The van der Waals surface area contributed by atoms with E-state index in [4.69, 9.17) is 5.11 Å². The van der Waals surface area contributed by atoms with Crippen LogP contribution in [0.2, 0.25) is 0 Å². The van der Waals surface area contributed by atoms with Crippen molar-refractivity contribution in [2.75, 3.05) is 60.9 Å². The molecule has 9 nitrogen and oxygen atoms in total. The van der Waals surface area contributed by atoms with Gasteiger partial charge in [0.25, 0.3) is 0 Å². The number of aliphatic carboxylic acids is 1. The predicted octanol–water partition coefficient (Wildman–Crippen LogP) is 4.42. The molecule has 0 aliphatic heterocycles. The molecule has 0 aliphatic rings. The topological polar surface area (TPSA) is 116 Å². The molecule has 0 saturated carbocycles. The van der Waals surface area contributed by atoms with E-state index in [1.807, 2.05) is 14.1 Å². The Morgan fingerprint density at radius 1 is 0.615 bits per heavy atom. The summed E-state index contributed by atoms with van der Waals surface area (Å²) in [7, 11) is 7.23.